The van der Waals surface area contributed by atoms with Crippen LogP contribution in [0.25, 0.3) is 10.2 Å². The van der Waals surface area contributed by atoms with Crippen molar-refractivity contribution in [2.24, 2.45) is 28.8 Å². The highest BCUT2D eigenvalue weighted by atomic mass is 32.1. The van der Waals surface area contributed by atoms with Crippen LogP contribution in [0.4, 0.5) is 5.13 Å². The Morgan fingerprint density at radius 1 is 0.578 bits per heavy atom. The molecule has 2 fully saturated rings. The standard InChI is InChI=1S/C65H75N3O14S/c1-5-59(69)77-39-15-9-7-13-37-75-51-27-31-53(32-28-51)80-62(72)47-21-19-46(20-22-47)41-61(71)79-55-35-36-57(50(42-55)43-66-68(44-45(3)4)65-67-56-17-11-12-18-58(56)83-65)82-64(74)49-25-23-48(24-26-49)63(73)81-54-33-29-52(30-34-54)76-38-14-8-10-16-40-78-60(70)6-2/h5-6,11-12,17-18,27-36,42-43,46-49H,1-3,7-10,13-16,19-26,37-41,44H2,4H3/b66-43+/t46?,47?,48-,49-. The summed E-state index contributed by atoms with van der Waals surface area (Å²) in [6.07, 6.45) is 15.1. The van der Waals surface area contributed by atoms with Gasteiger partial charge in [-0.2, -0.15) is 5.10 Å². The van der Waals surface area contributed by atoms with Gasteiger partial charge < -0.3 is 37.9 Å². The van der Waals surface area contributed by atoms with Gasteiger partial charge in [0.15, 0.2) is 0 Å². The van der Waals surface area contributed by atoms with Crippen LogP contribution < -0.4 is 33.4 Å². The second-order valence-corrected chi connectivity index (χ2v) is 21.9. The summed E-state index contributed by atoms with van der Waals surface area (Å²) >= 11 is 1.48. The monoisotopic (exact) mass is 1150 g/mol. The van der Waals surface area contributed by atoms with Crippen LogP contribution in [0.15, 0.2) is 134 Å². The number of benzene rings is 4. The summed E-state index contributed by atoms with van der Waals surface area (Å²) in [5.74, 6) is -0.881. The number of para-hydroxylation sites is 1. The fourth-order valence-corrected chi connectivity index (χ4v) is 10.6. The molecule has 0 radical (unpaired) electrons. The van der Waals surface area contributed by atoms with E-state index in [1.54, 1.807) is 78.0 Å². The predicted octanol–water partition coefficient (Wildman–Crippen LogP) is 13.1. The molecule has 4 aromatic carbocycles. The molecule has 18 heteroatoms. The molecule has 2 aliphatic carbocycles. The second kappa shape index (κ2) is 33.1. The summed E-state index contributed by atoms with van der Waals surface area (Å²) in [5.41, 5.74) is 2.06. The number of anilines is 1. The molecule has 83 heavy (non-hydrogen) atoms. The molecule has 440 valence electrons. The number of ether oxygens (including phenoxy) is 8. The average Bonchev–Trinajstić information content (AvgIpc) is 3.99. The topological polar surface area (TPSA) is 205 Å². The minimum absolute atomic E-state index is 0.00900. The van der Waals surface area contributed by atoms with Gasteiger partial charge in [-0.15, -0.1) is 0 Å². The first kappa shape index (κ1) is 62.5. The van der Waals surface area contributed by atoms with Crippen molar-refractivity contribution >= 4 is 68.7 Å². The minimum Gasteiger partial charge on any atom is -0.494 e. The van der Waals surface area contributed by atoms with E-state index in [2.05, 4.69) is 19.7 Å². The van der Waals surface area contributed by atoms with Crippen LogP contribution in [0.5, 0.6) is 34.5 Å². The lowest BCUT2D eigenvalue weighted by Gasteiger charge is -2.26. The number of fused-ring (bicyclic) bond motifs is 1. The first-order valence-electron chi connectivity index (χ1n) is 28.7. The van der Waals surface area contributed by atoms with E-state index in [4.69, 9.17) is 48.0 Å². The molecule has 5 aromatic rings. The first-order chi connectivity index (χ1) is 40.3. The van der Waals surface area contributed by atoms with E-state index in [1.165, 1.54) is 11.3 Å². The van der Waals surface area contributed by atoms with Gasteiger partial charge in [0, 0.05) is 24.1 Å². The summed E-state index contributed by atoms with van der Waals surface area (Å²) < 4.78 is 46.1. The van der Waals surface area contributed by atoms with Crippen molar-refractivity contribution in [3.63, 3.8) is 0 Å². The van der Waals surface area contributed by atoms with Gasteiger partial charge in [0.2, 0.25) is 5.13 Å². The van der Waals surface area contributed by atoms with Crippen molar-refractivity contribution in [2.75, 3.05) is 38.0 Å². The number of hydrogen-bond acceptors (Lipinski definition) is 18. The highest BCUT2D eigenvalue weighted by Crippen LogP contribution is 2.36. The highest BCUT2D eigenvalue weighted by molar-refractivity contribution is 7.22. The Kier molecular flexibility index (Phi) is 24.9. The van der Waals surface area contributed by atoms with Gasteiger partial charge in [-0.3, -0.25) is 19.2 Å². The molecule has 17 nitrogen and oxygen atoms in total. The highest BCUT2D eigenvalue weighted by Gasteiger charge is 2.33. The van der Waals surface area contributed by atoms with Crippen LogP contribution in [-0.2, 0) is 38.2 Å². The van der Waals surface area contributed by atoms with Crippen molar-refractivity contribution in [3.8, 4) is 34.5 Å². The summed E-state index contributed by atoms with van der Waals surface area (Å²) in [6, 6.07) is 26.5. The Labute approximate surface area is 489 Å². The number of nitrogens with zero attached hydrogens (tertiary/aromatic N) is 3. The molecule has 0 bridgehead atoms. The molecule has 0 spiro atoms. The van der Waals surface area contributed by atoms with Crippen molar-refractivity contribution in [1.82, 2.24) is 4.98 Å². The molecule has 1 aromatic heterocycles. The molecule has 1 heterocycles. The molecule has 0 aliphatic heterocycles. The third-order valence-corrected chi connectivity index (χ3v) is 15.3. The van der Waals surface area contributed by atoms with E-state index < -0.39 is 29.8 Å². The van der Waals surface area contributed by atoms with E-state index in [0.717, 1.165) is 79.3 Å². The smallest absolute Gasteiger partial charge is 0.330 e. The maximum Gasteiger partial charge on any atom is 0.330 e. The van der Waals surface area contributed by atoms with Crippen molar-refractivity contribution in [1.29, 1.82) is 0 Å². The van der Waals surface area contributed by atoms with E-state index in [1.807, 2.05) is 31.2 Å². The normalized spacial score (nSPS) is 16.7. The van der Waals surface area contributed by atoms with Crippen molar-refractivity contribution in [3.05, 3.63) is 134 Å². The Hall–Kier alpha value is -8.12. The molecule has 0 unspecified atom stereocenters. The van der Waals surface area contributed by atoms with Gasteiger partial charge in [-0.1, -0.05) is 48.8 Å². The fourth-order valence-electron chi connectivity index (χ4n) is 9.63. The lowest BCUT2D eigenvalue weighted by Crippen LogP contribution is -2.30. The number of hydrazone groups is 1. The van der Waals surface area contributed by atoms with Crippen LogP contribution in [0.2, 0.25) is 0 Å². The van der Waals surface area contributed by atoms with Crippen LogP contribution in [-0.4, -0.2) is 80.0 Å². The second-order valence-electron chi connectivity index (χ2n) is 20.8. The summed E-state index contributed by atoms with van der Waals surface area (Å²) in [4.78, 5) is 81.0. The van der Waals surface area contributed by atoms with Gasteiger partial charge >= 0.3 is 35.8 Å². The number of carbonyl (C=O) groups excluding carboxylic acids is 6. The van der Waals surface area contributed by atoms with Gasteiger partial charge in [-0.05, 0) is 194 Å². The molecule has 0 N–H and O–H groups in total. The first-order valence-corrected chi connectivity index (χ1v) is 29.5. The largest absolute Gasteiger partial charge is 0.494 e. The minimum atomic E-state index is -0.471. The SMILES string of the molecule is C=CC(=O)OCCCCCCOc1ccc(OC(=O)C2CCC(CC(=O)Oc3ccc(OC(=O)[C@H]4CC[C@H](C(=O)Oc5ccc(OCCCCCCOC(=O)C=C)cc5)CC4)c(/C=N/N(CC(=C)C)c4nc5ccccc5s4)c3)CC2)cc1. The van der Waals surface area contributed by atoms with E-state index in [0.29, 0.717) is 118 Å². The lowest BCUT2D eigenvalue weighted by atomic mass is 9.80. The number of hydrogen-bond donors (Lipinski definition) is 0. The maximum atomic E-state index is 13.9. The quantitative estimate of drug-likeness (QED) is 0.00747. The molecule has 7 rings (SSSR count). The van der Waals surface area contributed by atoms with Crippen LogP contribution in [0.1, 0.15) is 122 Å². The molecule has 0 amide bonds. The molecular formula is C65H75N3O14S. The maximum absolute atomic E-state index is 13.9. The van der Waals surface area contributed by atoms with E-state index >= 15 is 0 Å². The number of carbonyl (C=O) groups is 6. The summed E-state index contributed by atoms with van der Waals surface area (Å²) in [5, 5.41) is 7.17. The third kappa shape index (κ3) is 21.0. The molecule has 0 atom stereocenters. The zero-order valence-corrected chi connectivity index (χ0v) is 48.2. The molecule has 2 saturated carbocycles. The molecule has 2 aliphatic rings. The van der Waals surface area contributed by atoms with E-state index in [9.17, 15) is 28.8 Å². The van der Waals surface area contributed by atoms with Crippen LogP contribution >= 0.6 is 11.3 Å². The fraction of sp³-hybridized carbons (Fsp3) is 0.415. The number of aromatic nitrogens is 1. The Morgan fingerprint density at radius 3 is 1.55 bits per heavy atom. The number of rotatable bonds is 32. The Morgan fingerprint density at radius 2 is 1.05 bits per heavy atom. The van der Waals surface area contributed by atoms with Crippen LogP contribution in [0, 0.1) is 23.7 Å². The zero-order chi connectivity index (χ0) is 58.8. The van der Waals surface area contributed by atoms with Gasteiger partial charge in [0.05, 0.1) is 67.2 Å². The summed E-state index contributed by atoms with van der Waals surface area (Å²) in [6.45, 7) is 14.9. The molecular weight excluding hydrogens is 1080 g/mol. The van der Waals surface area contributed by atoms with Crippen LogP contribution in [0.3, 0.4) is 0 Å². The van der Waals surface area contributed by atoms with Gasteiger partial charge in [0.1, 0.15) is 34.5 Å². The number of thiazole rings is 1. The number of unbranched alkanes of at least 4 members (excludes halogenated alkanes) is 6. The van der Waals surface area contributed by atoms with Crippen molar-refractivity contribution in [2.45, 2.75) is 116 Å². The molecule has 0 saturated heterocycles. The van der Waals surface area contributed by atoms with Crippen molar-refractivity contribution < 1.29 is 66.7 Å². The zero-order valence-electron chi connectivity index (χ0n) is 47.3. The summed E-state index contributed by atoms with van der Waals surface area (Å²) in [7, 11) is 0. The Bertz CT molecular complexity index is 2980. The lowest BCUT2D eigenvalue weighted by molar-refractivity contribution is -0.145. The van der Waals surface area contributed by atoms with Gasteiger partial charge in [0.25, 0.3) is 0 Å². The number of esters is 6. The predicted molar refractivity (Wildman–Crippen MR) is 317 cm³/mol. The average molecular weight is 1150 g/mol. The van der Waals surface area contributed by atoms with Gasteiger partial charge in [-0.25, -0.2) is 19.6 Å². The van der Waals surface area contributed by atoms with E-state index in [-0.39, 0.29) is 47.6 Å². The third-order valence-electron chi connectivity index (χ3n) is 14.2. The Balaban J connectivity index is 0.885.